The molecule has 0 saturated carbocycles. The van der Waals surface area contributed by atoms with Gasteiger partial charge < -0.3 is 20.1 Å². The van der Waals surface area contributed by atoms with E-state index in [-0.39, 0.29) is 30.1 Å². The molecule has 0 bridgehead atoms. The van der Waals surface area contributed by atoms with Crippen LogP contribution in [0.1, 0.15) is 17.3 Å². The van der Waals surface area contributed by atoms with E-state index < -0.39 is 22.9 Å². The minimum Gasteiger partial charge on any atom is -0.449 e. The third kappa shape index (κ3) is 5.04. The molecule has 2 rings (SSSR count). The van der Waals surface area contributed by atoms with E-state index in [1.54, 1.807) is 31.3 Å². The second-order valence-corrected chi connectivity index (χ2v) is 5.92. The molecule has 0 fully saturated rings. The lowest BCUT2D eigenvalue weighted by Crippen LogP contribution is -2.37. The van der Waals surface area contributed by atoms with Gasteiger partial charge in [0.15, 0.2) is 6.10 Å². The fourth-order valence-electron chi connectivity index (χ4n) is 2.49. The van der Waals surface area contributed by atoms with Crippen LogP contribution in [0.5, 0.6) is 0 Å². The summed E-state index contributed by atoms with van der Waals surface area (Å²) in [4.78, 5) is 36.8. The Morgan fingerprint density at radius 3 is 2.54 bits per heavy atom. The van der Waals surface area contributed by atoms with Gasteiger partial charge >= 0.3 is 5.97 Å². The molecule has 9 nitrogen and oxygen atoms in total. The van der Waals surface area contributed by atoms with E-state index in [0.29, 0.717) is 5.69 Å². The van der Waals surface area contributed by atoms with Crippen LogP contribution in [0.2, 0.25) is 0 Å². The molecule has 0 radical (unpaired) electrons. The monoisotopic (exact) mass is 387 g/mol. The average molecular weight is 387 g/mol. The molecule has 0 aliphatic carbocycles. The molecule has 0 aromatic heterocycles. The van der Waals surface area contributed by atoms with Crippen LogP contribution in [0.3, 0.4) is 0 Å². The number of hydrogen-bond donors (Lipinski definition) is 2. The number of nitrogens with one attached hydrogen (secondary N) is 1. The van der Waals surface area contributed by atoms with E-state index in [1.165, 1.54) is 24.0 Å². The molecule has 28 heavy (non-hydrogen) atoms. The molecule has 0 aliphatic heterocycles. The van der Waals surface area contributed by atoms with Crippen LogP contribution < -0.4 is 10.2 Å². The number of nitro groups is 1. The molecule has 1 atom stereocenters. The summed E-state index contributed by atoms with van der Waals surface area (Å²) in [5, 5.41) is 22.8. The van der Waals surface area contributed by atoms with Crippen molar-refractivity contribution in [2.45, 2.75) is 13.0 Å². The van der Waals surface area contributed by atoms with Crippen LogP contribution in [0.15, 0.2) is 48.5 Å². The normalized spacial score (nSPS) is 11.4. The Morgan fingerprint density at radius 1 is 1.25 bits per heavy atom. The zero-order chi connectivity index (χ0) is 20.7. The second kappa shape index (κ2) is 9.47. The molecule has 2 N–H and O–H groups in total. The Bertz CT molecular complexity index is 856. The van der Waals surface area contributed by atoms with Gasteiger partial charge in [-0.15, -0.1) is 0 Å². The number of amides is 1. The molecule has 1 amide bonds. The number of ether oxygens (including phenoxy) is 1. The lowest BCUT2D eigenvalue weighted by atomic mass is 10.1. The third-order valence-corrected chi connectivity index (χ3v) is 3.97. The van der Waals surface area contributed by atoms with E-state index in [4.69, 9.17) is 9.84 Å². The van der Waals surface area contributed by atoms with E-state index in [2.05, 4.69) is 5.32 Å². The standard InChI is InChI=1S/C19H21N3O6/c1-13(18(24)21(2)14-6-4-3-5-7-14)28-19(25)16-12-15(22(26)27)8-9-17(16)20-10-11-23/h3-9,12-13,20,23H,10-11H2,1-2H3. The number of carbonyl (C=O) groups is 2. The number of aliphatic hydroxyl groups is 1. The molecule has 2 aromatic carbocycles. The molecule has 0 heterocycles. The number of non-ortho nitro benzene ring substituents is 1. The third-order valence-electron chi connectivity index (χ3n) is 3.97. The van der Waals surface area contributed by atoms with Crippen LogP contribution >= 0.6 is 0 Å². The Balaban J connectivity index is 2.19. The highest BCUT2D eigenvalue weighted by Gasteiger charge is 2.25. The number of nitro benzene ring substituents is 1. The molecule has 148 valence electrons. The van der Waals surface area contributed by atoms with E-state index in [1.807, 2.05) is 6.07 Å². The number of para-hydroxylation sites is 1. The van der Waals surface area contributed by atoms with Crippen molar-refractivity contribution in [2.24, 2.45) is 0 Å². The Hall–Kier alpha value is -3.46. The topological polar surface area (TPSA) is 122 Å². The maximum Gasteiger partial charge on any atom is 0.341 e. The van der Waals surface area contributed by atoms with Gasteiger partial charge in [-0.05, 0) is 25.1 Å². The smallest absolute Gasteiger partial charge is 0.341 e. The fraction of sp³-hybridized carbons (Fsp3) is 0.263. The maximum absolute atomic E-state index is 12.6. The maximum atomic E-state index is 12.6. The summed E-state index contributed by atoms with van der Waals surface area (Å²) in [6, 6.07) is 12.5. The lowest BCUT2D eigenvalue weighted by molar-refractivity contribution is -0.384. The summed E-state index contributed by atoms with van der Waals surface area (Å²) in [5.41, 5.74) is 0.517. The highest BCUT2D eigenvalue weighted by molar-refractivity contribution is 6.00. The summed E-state index contributed by atoms with van der Waals surface area (Å²) < 4.78 is 5.24. The van der Waals surface area contributed by atoms with Crippen LogP contribution in [0.25, 0.3) is 0 Å². The quantitative estimate of drug-likeness (QED) is 0.404. The second-order valence-electron chi connectivity index (χ2n) is 5.92. The number of carbonyl (C=O) groups excluding carboxylic acids is 2. The predicted octanol–water partition coefficient (Wildman–Crippen LogP) is 2.21. The minimum absolute atomic E-state index is 0.0929. The van der Waals surface area contributed by atoms with Gasteiger partial charge in [-0.25, -0.2) is 4.79 Å². The zero-order valence-electron chi connectivity index (χ0n) is 15.5. The summed E-state index contributed by atoms with van der Waals surface area (Å²) in [6.07, 6.45) is -1.11. The van der Waals surface area contributed by atoms with E-state index in [0.717, 1.165) is 6.07 Å². The van der Waals surface area contributed by atoms with Crippen molar-refractivity contribution >= 4 is 28.9 Å². The highest BCUT2D eigenvalue weighted by atomic mass is 16.6. The van der Waals surface area contributed by atoms with Gasteiger partial charge in [-0.1, -0.05) is 18.2 Å². The number of hydrogen-bond acceptors (Lipinski definition) is 7. The van der Waals surface area contributed by atoms with Gasteiger partial charge in [-0.3, -0.25) is 14.9 Å². The summed E-state index contributed by atoms with van der Waals surface area (Å²) >= 11 is 0. The molecule has 1 unspecified atom stereocenters. The molecule has 0 saturated heterocycles. The molecular formula is C19H21N3O6. The first-order valence-electron chi connectivity index (χ1n) is 8.52. The van der Waals surface area contributed by atoms with Gasteiger partial charge in [0.05, 0.1) is 17.1 Å². The predicted molar refractivity (Wildman–Crippen MR) is 103 cm³/mol. The molecule has 0 aliphatic rings. The van der Waals surface area contributed by atoms with Crippen LogP contribution in [-0.2, 0) is 9.53 Å². The summed E-state index contributed by atoms with van der Waals surface area (Å²) in [6.45, 7) is 1.38. The van der Waals surface area contributed by atoms with Crippen molar-refractivity contribution in [3.63, 3.8) is 0 Å². The first-order valence-corrected chi connectivity index (χ1v) is 8.52. The first-order chi connectivity index (χ1) is 13.3. The van der Waals surface area contributed by atoms with E-state index in [9.17, 15) is 19.7 Å². The van der Waals surface area contributed by atoms with Gasteiger partial charge in [0.2, 0.25) is 0 Å². The van der Waals surface area contributed by atoms with Gasteiger partial charge in [-0.2, -0.15) is 0 Å². The highest BCUT2D eigenvalue weighted by Crippen LogP contribution is 2.24. The van der Waals surface area contributed by atoms with Crippen molar-refractivity contribution in [3.05, 3.63) is 64.2 Å². The number of likely N-dealkylation sites (N-methyl/N-ethyl adjacent to an activating group) is 1. The molecule has 9 heteroatoms. The van der Waals surface area contributed by atoms with Crippen molar-refractivity contribution in [3.8, 4) is 0 Å². The first kappa shape index (κ1) is 20.8. The van der Waals surface area contributed by atoms with Gasteiger partial charge in [0, 0.05) is 37.1 Å². The van der Waals surface area contributed by atoms with E-state index >= 15 is 0 Å². The molecule has 0 spiro atoms. The van der Waals surface area contributed by atoms with Gasteiger partial charge in [0.25, 0.3) is 11.6 Å². The number of esters is 1. The fourth-order valence-corrected chi connectivity index (χ4v) is 2.49. The zero-order valence-corrected chi connectivity index (χ0v) is 15.5. The largest absolute Gasteiger partial charge is 0.449 e. The number of nitrogens with zero attached hydrogens (tertiary/aromatic N) is 2. The number of rotatable bonds is 8. The molecular weight excluding hydrogens is 366 g/mol. The molecule has 2 aromatic rings. The van der Waals surface area contributed by atoms with Crippen molar-refractivity contribution in [1.29, 1.82) is 0 Å². The van der Waals surface area contributed by atoms with Crippen LogP contribution in [-0.4, -0.2) is 48.2 Å². The van der Waals surface area contributed by atoms with Crippen molar-refractivity contribution in [2.75, 3.05) is 30.4 Å². The van der Waals surface area contributed by atoms with Crippen LogP contribution in [0, 0.1) is 10.1 Å². The SMILES string of the molecule is CC(OC(=O)c1cc([N+](=O)[O-])ccc1NCCO)C(=O)N(C)c1ccccc1. The number of anilines is 2. The Labute approximate surface area is 161 Å². The van der Waals surface area contributed by atoms with Crippen molar-refractivity contribution in [1.82, 2.24) is 0 Å². The Kier molecular flexibility index (Phi) is 7.05. The van der Waals surface area contributed by atoms with Crippen LogP contribution in [0.4, 0.5) is 17.1 Å². The summed E-state index contributed by atoms with van der Waals surface area (Å²) in [7, 11) is 1.56. The Morgan fingerprint density at radius 2 is 1.93 bits per heavy atom. The summed E-state index contributed by atoms with van der Waals surface area (Å²) in [5.74, 6) is -1.33. The minimum atomic E-state index is -1.11. The van der Waals surface area contributed by atoms with Crippen molar-refractivity contribution < 1.29 is 24.4 Å². The lowest BCUT2D eigenvalue weighted by Gasteiger charge is -2.22. The number of aliphatic hydroxyl groups excluding tert-OH is 1. The van der Waals surface area contributed by atoms with Gasteiger partial charge in [0.1, 0.15) is 0 Å². The number of benzene rings is 2. The average Bonchev–Trinajstić information content (AvgIpc) is 2.71.